The van der Waals surface area contributed by atoms with Crippen LogP contribution < -0.4 is 16.4 Å². The van der Waals surface area contributed by atoms with Gasteiger partial charge in [0.05, 0.1) is 11.3 Å². The molecule has 0 bridgehead atoms. The molecule has 3 amide bonds. The minimum Gasteiger partial charge on any atom is -0.352 e. The quantitative estimate of drug-likeness (QED) is 0.317. The fraction of sp³-hybridized carbons (Fsp3) is 0.583. The van der Waals surface area contributed by atoms with Gasteiger partial charge in [0.25, 0.3) is 0 Å². The molecule has 2 aromatic carbocycles. The maximum Gasteiger partial charge on any atom is 0.227 e. The standard InChI is InChI=1S/C36H49ClN4O3.ClH/c1-35(2,3)40-34(44)36(26-10-5-4-6-11-26)17-19-41(20-18-36)31(42)23-28(21-24-13-15-27(37)16-14-24)39-33(43)30-22-25-9-7-8-12-29(25)32(30)38;/h7-9,12-16,26,28,30,32H,4-6,10-11,17-23,38H2,1-3H3,(H,39,43)(H,40,44);1H/t28-,30+,32-;/m1./s1. The fourth-order valence-corrected chi connectivity index (χ4v) is 7.83. The van der Waals surface area contributed by atoms with E-state index in [1.807, 2.05) is 74.2 Å². The Morgan fingerprint density at radius 3 is 2.27 bits per heavy atom. The average Bonchev–Trinajstić information content (AvgIpc) is 3.34. The number of amides is 3. The number of carbonyl (C=O) groups excluding carboxylic acids is 3. The van der Waals surface area contributed by atoms with Crippen molar-refractivity contribution in [1.29, 1.82) is 0 Å². The van der Waals surface area contributed by atoms with Gasteiger partial charge in [-0.1, -0.05) is 67.3 Å². The van der Waals surface area contributed by atoms with Crippen molar-refractivity contribution in [3.05, 3.63) is 70.2 Å². The van der Waals surface area contributed by atoms with Gasteiger partial charge >= 0.3 is 0 Å². The van der Waals surface area contributed by atoms with E-state index in [0.29, 0.717) is 49.7 Å². The highest BCUT2D eigenvalue weighted by molar-refractivity contribution is 6.30. The number of fused-ring (bicyclic) bond motifs is 1. The molecule has 2 fully saturated rings. The monoisotopic (exact) mass is 656 g/mol. The second kappa shape index (κ2) is 14.9. The van der Waals surface area contributed by atoms with Gasteiger partial charge in [-0.05, 0) is 94.0 Å². The first-order chi connectivity index (χ1) is 20.9. The van der Waals surface area contributed by atoms with Crippen LogP contribution in [0.15, 0.2) is 48.5 Å². The van der Waals surface area contributed by atoms with Crippen molar-refractivity contribution in [3.8, 4) is 0 Å². The zero-order valence-electron chi connectivity index (χ0n) is 26.9. The van der Waals surface area contributed by atoms with Crippen LogP contribution in [0.1, 0.15) is 94.9 Å². The molecule has 3 aliphatic rings. The lowest BCUT2D eigenvalue weighted by Crippen LogP contribution is -2.57. The molecule has 246 valence electrons. The van der Waals surface area contributed by atoms with E-state index in [-0.39, 0.29) is 60.1 Å². The number of piperidine rings is 1. The number of hydrogen-bond donors (Lipinski definition) is 3. The van der Waals surface area contributed by atoms with Crippen LogP contribution in [0.25, 0.3) is 0 Å². The number of carbonyl (C=O) groups is 3. The normalized spacial score (nSPS) is 22.1. The van der Waals surface area contributed by atoms with Gasteiger partial charge in [0.1, 0.15) is 0 Å². The molecule has 2 aliphatic carbocycles. The lowest BCUT2D eigenvalue weighted by molar-refractivity contribution is -0.146. The van der Waals surface area contributed by atoms with Gasteiger partial charge in [-0.2, -0.15) is 0 Å². The SMILES string of the molecule is CC(C)(C)NC(=O)C1(C2CCCCC2)CCN(C(=O)C[C@@H](Cc2ccc(Cl)cc2)NC(=O)[C@H]2Cc3ccccc3[C@H]2N)CC1.Cl. The molecule has 1 heterocycles. The maximum atomic E-state index is 13.8. The molecule has 45 heavy (non-hydrogen) atoms. The smallest absolute Gasteiger partial charge is 0.227 e. The van der Waals surface area contributed by atoms with E-state index in [2.05, 4.69) is 10.6 Å². The Hall–Kier alpha value is -2.61. The Bertz CT molecular complexity index is 1330. The summed E-state index contributed by atoms with van der Waals surface area (Å²) in [5.74, 6) is 0.0203. The van der Waals surface area contributed by atoms with E-state index in [4.69, 9.17) is 17.3 Å². The molecule has 4 N–H and O–H groups in total. The summed E-state index contributed by atoms with van der Waals surface area (Å²) >= 11 is 6.13. The summed E-state index contributed by atoms with van der Waals surface area (Å²) in [6.07, 6.45) is 8.36. The number of benzene rings is 2. The van der Waals surface area contributed by atoms with Crippen LogP contribution in [0.5, 0.6) is 0 Å². The zero-order valence-corrected chi connectivity index (χ0v) is 28.5. The second-order valence-electron chi connectivity index (χ2n) is 14.4. The van der Waals surface area contributed by atoms with Crippen LogP contribution in [-0.4, -0.2) is 47.3 Å². The summed E-state index contributed by atoms with van der Waals surface area (Å²) in [4.78, 5) is 43.1. The van der Waals surface area contributed by atoms with Crippen LogP contribution in [-0.2, 0) is 27.2 Å². The minimum absolute atomic E-state index is 0. The highest BCUT2D eigenvalue weighted by Crippen LogP contribution is 2.46. The third-order valence-electron chi connectivity index (χ3n) is 10.1. The first kappa shape index (κ1) is 35.2. The number of hydrogen-bond acceptors (Lipinski definition) is 4. The summed E-state index contributed by atoms with van der Waals surface area (Å²) in [5.41, 5.74) is 8.91. The lowest BCUT2D eigenvalue weighted by atomic mass is 9.63. The van der Waals surface area contributed by atoms with Gasteiger partial charge in [0, 0.05) is 42.2 Å². The van der Waals surface area contributed by atoms with Crippen molar-refractivity contribution in [1.82, 2.24) is 15.5 Å². The summed E-state index contributed by atoms with van der Waals surface area (Å²) < 4.78 is 0. The van der Waals surface area contributed by atoms with Crippen LogP contribution in [0.3, 0.4) is 0 Å². The van der Waals surface area contributed by atoms with E-state index in [1.165, 1.54) is 19.3 Å². The largest absolute Gasteiger partial charge is 0.352 e. The molecule has 2 aromatic rings. The molecular formula is C36H50Cl2N4O3. The molecule has 0 unspecified atom stereocenters. The summed E-state index contributed by atoms with van der Waals surface area (Å²) in [6, 6.07) is 14.7. The molecule has 9 heteroatoms. The van der Waals surface area contributed by atoms with E-state index < -0.39 is 5.41 Å². The van der Waals surface area contributed by atoms with Crippen LogP contribution >= 0.6 is 24.0 Å². The van der Waals surface area contributed by atoms with Crippen molar-refractivity contribution in [3.63, 3.8) is 0 Å². The molecular weight excluding hydrogens is 607 g/mol. The predicted molar refractivity (Wildman–Crippen MR) is 182 cm³/mol. The summed E-state index contributed by atoms with van der Waals surface area (Å²) in [7, 11) is 0. The van der Waals surface area contributed by atoms with Crippen molar-refractivity contribution in [2.75, 3.05) is 13.1 Å². The van der Waals surface area contributed by atoms with Gasteiger partial charge in [0.2, 0.25) is 17.7 Å². The van der Waals surface area contributed by atoms with Crippen molar-refractivity contribution < 1.29 is 14.4 Å². The highest BCUT2D eigenvalue weighted by atomic mass is 35.5. The highest BCUT2D eigenvalue weighted by Gasteiger charge is 2.48. The van der Waals surface area contributed by atoms with Gasteiger partial charge in [-0.3, -0.25) is 14.4 Å². The Balaban J connectivity index is 0.00000461. The number of nitrogens with one attached hydrogen (secondary N) is 2. The Labute approximate surface area is 279 Å². The Morgan fingerprint density at radius 1 is 1.00 bits per heavy atom. The zero-order chi connectivity index (χ0) is 31.5. The third kappa shape index (κ3) is 8.41. The van der Waals surface area contributed by atoms with Crippen molar-refractivity contribution >= 4 is 41.7 Å². The minimum atomic E-state index is -0.435. The van der Waals surface area contributed by atoms with Gasteiger partial charge < -0.3 is 21.3 Å². The number of nitrogens with zero attached hydrogens (tertiary/aromatic N) is 1. The first-order valence-electron chi connectivity index (χ1n) is 16.4. The van der Waals surface area contributed by atoms with E-state index in [9.17, 15) is 14.4 Å². The van der Waals surface area contributed by atoms with Crippen molar-refractivity contribution in [2.45, 2.75) is 103 Å². The second-order valence-corrected chi connectivity index (χ2v) is 14.8. The Morgan fingerprint density at radius 2 is 1.64 bits per heavy atom. The molecule has 1 saturated carbocycles. The fourth-order valence-electron chi connectivity index (χ4n) is 7.71. The predicted octanol–water partition coefficient (Wildman–Crippen LogP) is 6.16. The van der Waals surface area contributed by atoms with E-state index in [0.717, 1.165) is 29.5 Å². The lowest BCUT2D eigenvalue weighted by Gasteiger charge is -2.47. The van der Waals surface area contributed by atoms with Gasteiger partial charge in [-0.25, -0.2) is 0 Å². The third-order valence-corrected chi connectivity index (χ3v) is 10.4. The van der Waals surface area contributed by atoms with E-state index in [1.54, 1.807) is 0 Å². The van der Waals surface area contributed by atoms with Crippen LogP contribution in [0, 0.1) is 17.3 Å². The average molecular weight is 658 g/mol. The number of likely N-dealkylation sites (tertiary alicyclic amines) is 1. The van der Waals surface area contributed by atoms with Gasteiger partial charge in [-0.15, -0.1) is 12.4 Å². The molecule has 3 atom stereocenters. The molecule has 1 saturated heterocycles. The van der Waals surface area contributed by atoms with Crippen molar-refractivity contribution in [2.24, 2.45) is 23.0 Å². The molecule has 0 spiro atoms. The van der Waals surface area contributed by atoms with Crippen LogP contribution in [0.2, 0.25) is 5.02 Å². The molecule has 5 rings (SSSR count). The van der Waals surface area contributed by atoms with Gasteiger partial charge in [0.15, 0.2) is 0 Å². The maximum absolute atomic E-state index is 13.8. The first-order valence-corrected chi connectivity index (χ1v) is 16.8. The number of halogens is 2. The summed E-state index contributed by atoms with van der Waals surface area (Å²) in [6.45, 7) is 7.20. The van der Waals surface area contributed by atoms with Crippen LogP contribution in [0.4, 0.5) is 0 Å². The topological polar surface area (TPSA) is 105 Å². The van der Waals surface area contributed by atoms with E-state index >= 15 is 0 Å². The molecule has 7 nitrogen and oxygen atoms in total. The summed E-state index contributed by atoms with van der Waals surface area (Å²) in [5, 5.41) is 7.13. The molecule has 1 aliphatic heterocycles. The Kier molecular flexibility index (Phi) is 11.6. The number of nitrogens with two attached hydrogens (primary N) is 1. The molecule has 0 aromatic heterocycles. The molecule has 0 radical (unpaired) electrons. The number of rotatable bonds is 8.